The lowest BCUT2D eigenvalue weighted by atomic mass is 10.0. The third-order valence-corrected chi connectivity index (χ3v) is 4.24. The van der Waals surface area contributed by atoms with Gasteiger partial charge in [0.25, 0.3) is 5.56 Å². The minimum absolute atomic E-state index is 0.223. The third-order valence-electron chi connectivity index (χ3n) is 3.75. The Kier molecular flexibility index (Phi) is 4.10. The number of aliphatic hydroxyl groups excluding tert-OH is 2. The lowest BCUT2D eigenvalue weighted by Crippen LogP contribution is -2.36. The highest BCUT2D eigenvalue weighted by atomic mass is 31.2. The SMILES string of the molecule is O=c1[nH]cnc2c([C@@H]3N[C@H](COP(=O)(O)O)[C@@H](O)[C@H]3O)c[nH]c12. The quantitative estimate of drug-likeness (QED) is 0.311. The van der Waals surface area contributed by atoms with Crippen LogP contribution in [0.4, 0.5) is 0 Å². The van der Waals surface area contributed by atoms with Gasteiger partial charge in [-0.2, -0.15) is 0 Å². The lowest BCUT2D eigenvalue weighted by molar-refractivity contribution is 0.0192. The van der Waals surface area contributed by atoms with E-state index >= 15 is 0 Å². The number of aromatic nitrogens is 3. The van der Waals surface area contributed by atoms with Gasteiger partial charge in [0.05, 0.1) is 31.1 Å². The fourth-order valence-electron chi connectivity index (χ4n) is 2.67. The number of H-pyrrole nitrogens is 2. The van der Waals surface area contributed by atoms with Crippen LogP contribution >= 0.6 is 7.82 Å². The van der Waals surface area contributed by atoms with Crippen molar-refractivity contribution in [2.24, 2.45) is 0 Å². The number of hydrogen-bond donors (Lipinski definition) is 7. The van der Waals surface area contributed by atoms with Crippen molar-refractivity contribution >= 4 is 18.9 Å². The van der Waals surface area contributed by atoms with E-state index in [1.165, 1.54) is 12.5 Å². The molecule has 0 amide bonds. The molecule has 4 atom stereocenters. The number of aliphatic hydroxyl groups is 2. The molecule has 0 spiro atoms. The third kappa shape index (κ3) is 3.08. The van der Waals surface area contributed by atoms with E-state index < -0.39 is 38.7 Å². The van der Waals surface area contributed by atoms with Crippen molar-refractivity contribution in [2.75, 3.05) is 6.61 Å². The number of nitrogens with zero attached hydrogens (tertiary/aromatic N) is 1. The van der Waals surface area contributed by atoms with Gasteiger partial charge < -0.3 is 35.3 Å². The Morgan fingerprint density at radius 1 is 1.26 bits per heavy atom. The molecule has 0 radical (unpaired) electrons. The van der Waals surface area contributed by atoms with Crippen LogP contribution in [0, 0.1) is 0 Å². The Balaban J connectivity index is 1.87. The molecule has 2 aromatic heterocycles. The van der Waals surface area contributed by atoms with Gasteiger partial charge in [0.15, 0.2) is 0 Å². The molecule has 23 heavy (non-hydrogen) atoms. The van der Waals surface area contributed by atoms with E-state index in [4.69, 9.17) is 9.79 Å². The Morgan fingerprint density at radius 2 is 2.00 bits per heavy atom. The summed E-state index contributed by atoms with van der Waals surface area (Å²) in [6.07, 6.45) is 0.125. The average molecular weight is 346 g/mol. The molecule has 3 rings (SSSR count). The van der Waals surface area contributed by atoms with Crippen molar-refractivity contribution in [2.45, 2.75) is 24.3 Å². The highest BCUT2D eigenvalue weighted by Crippen LogP contribution is 2.37. The smallest absolute Gasteiger partial charge is 0.389 e. The molecule has 0 unspecified atom stereocenters. The van der Waals surface area contributed by atoms with Crippen LogP contribution in [0.3, 0.4) is 0 Å². The van der Waals surface area contributed by atoms with E-state index in [0.717, 1.165) is 0 Å². The van der Waals surface area contributed by atoms with Gasteiger partial charge in [-0.3, -0.25) is 9.32 Å². The van der Waals surface area contributed by atoms with Crippen LogP contribution in [-0.4, -0.2) is 59.8 Å². The van der Waals surface area contributed by atoms with E-state index in [-0.39, 0.29) is 11.1 Å². The van der Waals surface area contributed by atoms with Crippen molar-refractivity contribution in [1.29, 1.82) is 0 Å². The standard InChI is InChI=1S/C11H15N4O7P/c16-9-5(2-22-23(19,20)21)15-7(10(9)17)4-1-12-8-6(4)13-3-14-11(8)18/h1,3,5,7,9-10,12,15-17H,2H2,(H,13,14,18)(H2,19,20,21)/t5-,7+,9-,10+/m1/s1. The van der Waals surface area contributed by atoms with Crippen molar-refractivity contribution in [3.63, 3.8) is 0 Å². The first-order valence-corrected chi connectivity index (χ1v) is 8.18. The molecule has 7 N–H and O–H groups in total. The second-order valence-electron chi connectivity index (χ2n) is 5.22. The second-order valence-corrected chi connectivity index (χ2v) is 6.46. The summed E-state index contributed by atoms with van der Waals surface area (Å²) in [6, 6.07) is -1.67. The van der Waals surface area contributed by atoms with Crippen molar-refractivity contribution in [3.8, 4) is 0 Å². The number of phosphoric ester groups is 1. The van der Waals surface area contributed by atoms with Gasteiger partial charge in [0, 0.05) is 11.8 Å². The molecule has 0 aliphatic carbocycles. The van der Waals surface area contributed by atoms with Crippen LogP contribution in [0.25, 0.3) is 11.0 Å². The Labute approximate surface area is 128 Å². The molecule has 1 aliphatic rings. The van der Waals surface area contributed by atoms with Crippen LogP contribution in [0.15, 0.2) is 17.3 Å². The van der Waals surface area contributed by atoms with E-state index in [1.54, 1.807) is 0 Å². The predicted octanol–water partition coefficient (Wildman–Crippen LogP) is -1.90. The molecule has 0 aromatic carbocycles. The lowest BCUT2D eigenvalue weighted by Gasteiger charge is -2.15. The number of fused-ring (bicyclic) bond motifs is 1. The first kappa shape index (κ1) is 16.3. The first-order chi connectivity index (χ1) is 10.8. The molecule has 126 valence electrons. The van der Waals surface area contributed by atoms with Crippen LogP contribution < -0.4 is 10.9 Å². The molecule has 2 aromatic rings. The Bertz CT molecular complexity index is 814. The summed E-state index contributed by atoms with van der Waals surface area (Å²) in [4.78, 5) is 38.3. The first-order valence-electron chi connectivity index (χ1n) is 6.65. The summed E-state index contributed by atoms with van der Waals surface area (Å²) < 4.78 is 15.1. The Morgan fingerprint density at radius 3 is 2.70 bits per heavy atom. The fraction of sp³-hybridized carbons (Fsp3) is 0.455. The molecule has 3 heterocycles. The highest BCUT2D eigenvalue weighted by molar-refractivity contribution is 7.46. The Hall–Kier alpha value is -1.59. The van der Waals surface area contributed by atoms with E-state index in [0.29, 0.717) is 11.1 Å². The van der Waals surface area contributed by atoms with Crippen LogP contribution in [0.2, 0.25) is 0 Å². The average Bonchev–Trinajstić information content (AvgIpc) is 3.01. The maximum Gasteiger partial charge on any atom is 0.469 e. The van der Waals surface area contributed by atoms with Gasteiger partial charge in [0.2, 0.25) is 0 Å². The zero-order valence-corrected chi connectivity index (χ0v) is 12.5. The number of hydrogen-bond acceptors (Lipinski definition) is 7. The predicted molar refractivity (Wildman–Crippen MR) is 76.4 cm³/mol. The van der Waals surface area contributed by atoms with E-state index in [1.807, 2.05) is 0 Å². The molecule has 11 nitrogen and oxygen atoms in total. The van der Waals surface area contributed by atoms with E-state index in [2.05, 4.69) is 24.8 Å². The zero-order valence-electron chi connectivity index (χ0n) is 11.6. The minimum atomic E-state index is -4.69. The van der Waals surface area contributed by atoms with Gasteiger partial charge >= 0.3 is 7.82 Å². The van der Waals surface area contributed by atoms with Crippen LogP contribution in [0.5, 0.6) is 0 Å². The number of rotatable bonds is 4. The van der Waals surface area contributed by atoms with Crippen LogP contribution in [-0.2, 0) is 9.09 Å². The maximum absolute atomic E-state index is 11.7. The summed E-state index contributed by atoms with van der Waals surface area (Å²) in [5.74, 6) is 0. The maximum atomic E-state index is 11.7. The van der Waals surface area contributed by atoms with Gasteiger partial charge in [-0.15, -0.1) is 0 Å². The number of nitrogens with one attached hydrogen (secondary N) is 3. The summed E-state index contributed by atoms with van der Waals surface area (Å²) in [7, 11) is -4.69. The van der Waals surface area contributed by atoms with Gasteiger partial charge in [-0.05, 0) is 0 Å². The second kappa shape index (κ2) is 5.80. The van der Waals surface area contributed by atoms with Crippen molar-refractivity contribution in [1.82, 2.24) is 20.3 Å². The number of phosphoric acid groups is 1. The molecule has 1 saturated heterocycles. The number of aromatic amines is 2. The topological polar surface area (TPSA) is 181 Å². The monoisotopic (exact) mass is 346 g/mol. The molecule has 0 bridgehead atoms. The molecule has 12 heteroatoms. The van der Waals surface area contributed by atoms with Gasteiger partial charge in [-0.25, -0.2) is 9.55 Å². The van der Waals surface area contributed by atoms with Crippen LogP contribution in [0.1, 0.15) is 11.6 Å². The molecular weight excluding hydrogens is 331 g/mol. The summed E-state index contributed by atoms with van der Waals surface area (Å²) >= 11 is 0. The van der Waals surface area contributed by atoms with Gasteiger partial charge in [-0.1, -0.05) is 0 Å². The zero-order chi connectivity index (χ0) is 16.8. The molecular formula is C11H15N4O7P. The minimum Gasteiger partial charge on any atom is -0.389 e. The van der Waals surface area contributed by atoms with E-state index in [9.17, 15) is 19.6 Å². The summed E-state index contributed by atoms with van der Waals surface area (Å²) in [6.45, 7) is -0.491. The summed E-state index contributed by atoms with van der Waals surface area (Å²) in [5.41, 5.74) is 0.627. The van der Waals surface area contributed by atoms with Crippen molar-refractivity contribution in [3.05, 3.63) is 28.4 Å². The summed E-state index contributed by atoms with van der Waals surface area (Å²) in [5, 5.41) is 23.0. The fourth-order valence-corrected chi connectivity index (χ4v) is 3.02. The largest absolute Gasteiger partial charge is 0.469 e. The molecule has 0 saturated carbocycles. The molecule has 1 fully saturated rings. The highest BCUT2D eigenvalue weighted by Gasteiger charge is 2.43. The normalized spacial score (nSPS) is 28.5. The molecule has 1 aliphatic heterocycles. The van der Waals surface area contributed by atoms with Gasteiger partial charge in [0.1, 0.15) is 17.1 Å². The van der Waals surface area contributed by atoms with Crippen molar-refractivity contribution < 1.29 is 29.1 Å².